The van der Waals surface area contributed by atoms with E-state index >= 15 is 0 Å². The van der Waals surface area contributed by atoms with Gasteiger partial charge in [0.25, 0.3) is 5.89 Å². The van der Waals surface area contributed by atoms with Crippen LogP contribution in [-0.2, 0) is 9.53 Å². The van der Waals surface area contributed by atoms with Gasteiger partial charge in [-0.3, -0.25) is 0 Å². The summed E-state index contributed by atoms with van der Waals surface area (Å²) in [6, 6.07) is 0. The minimum Gasteiger partial charge on any atom is -0.463 e. The van der Waals surface area contributed by atoms with Gasteiger partial charge in [-0.05, 0) is 19.8 Å². The van der Waals surface area contributed by atoms with E-state index in [2.05, 4.69) is 10.1 Å². The second-order valence-corrected chi connectivity index (χ2v) is 3.35. The van der Waals surface area contributed by atoms with Crippen molar-refractivity contribution >= 4 is 12.0 Å². The van der Waals surface area contributed by atoms with Crippen molar-refractivity contribution in [2.75, 3.05) is 6.61 Å². The number of carbonyl (C=O) groups is 1. The van der Waals surface area contributed by atoms with E-state index in [1.807, 2.05) is 0 Å². The molecule has 0 aliphatic heterocycles. The summed E-state index contributed by atoms with van der Waals surface area (Å²) in [4.78, 5) is 15.1. The van der Waals surface area contributed by atoms with E-state index in [9.17, 15) is 4.79 Å². The molecule has 1 aromatic heterocycles. The second-order valence-electron chi connectivity index (χ2n) is 3.35. The highest BCUT2D eigenvalue weighted by Crippen LogP contribution is 2.38. The van der Waals surface area contributed by atoms with Crippen molar-refractivity contribution in [3.8, 4) is 0 Å². The normalized spacial score (nSPS) is 15.8. The molecule has 0 N–H and O–H groups in total. The minimum absolute atomic E-state index is 0.352. The first-order valence-electron chi connectivity index (χ1n) is 4.98. The molecule has 1 heterocycles. The van der Waals surface area contributed by atoms with E-state index in [0.717, 1.165) is 18.7 Å². The van der Waals surface area contributed by atoms with Crippen LogP contribution in [0.4, 0.5) is 0 Å². The Morgan fingerprint density at radius 3 is 3.13 bits per heavy atom. The second kappa shape index (κ2) is 4.25. The van der Waals surface area contributed by atoms with Gasteiger partial charge in [-0.25, -0.2) is 4.79 Å². The summed E-state index contributed by atoms with van der Waals surface area (Å²) in [5.74, 6) is 1.14. The predicted molar refractivity (Wildman–Crippen MR) is 51.9 cm³/mol. The van der Waals surface area contributed by atoms with E-state index in [-0.39, 0.29) is 0 Å². The first-order chi connectivity index (χ1) is 7.29. The monoisotopic (exact) mass is 208 g/mol. The summed E-state index contributed by atoms with van der Waals surface area (Å²) >= 11 is 0. The zero-order valence-electron chi connectivity index (χ0n) is 8.47. The topological polar surface area (TPSA) is 65.2 Å². The first kappa shape index (κ1) is 9.89. The zero-order chi connectivity index (χ0) is 10.7. The first-order valence-corrected chi connectivity index (χ1v) is 4.98. The van der Waals surface area contributed by atoms with Crippen molar-refractivity contribution in [3.05, 3.63) is 17.8 Å². The molecule has 1 aromatic rings. The standard InChI is InChI=1S/C10H12N2O3/c1-2-14-9(13)6-5-8-11-10(12-15-8)7-3-4-7/h5-7H,2-4H2,1H3/b6-5+. The van der Waals surface area contributed by atoms with Crippen LogP contribution in [0.3, 0.4) is 0 Å². The van der Waals surface area contributed by atoms with Crippen molar-refractivity contribution in [2.45, 2.75) is 25.7 Å². The predicted octanol–water partition coefficient (Wildman–Crippen LogP) is 1.52. The van der Waals surface area contributed by atoms with Crippen LogP contribution in [0.1, 0.15) is 37.4 Å². The van der Waals surface area contributed by atoms with Crippen LogP contribution < -0.4 is 0 Å². The van der Waals surface area contributed by atoms with Gasteiger partial charge in [-0.2, -0.15) is 4.98 Å². The zero-order valence-corrected chi connectivity index (χ0v) is 8.47. The van der Waals surface area contributed by atoms with Gasteiger partial charge < -0.3 is 9.26 Å². The molecule has 0 spiro atoms. The fourth-order valence-electron chi connectivity index (χ4n) is 1.15. The van der Waals surface area contributed by atoms with E-state index in [1.165, 1.54) is 12.2 Å². The molecule has 80 valence electrons. The van der Waals surface area contributed by atoms with Crippen LogP contribution >= 0.6 is 0 Å². The molecule has 0 bridgehead atoms. The molecule has 5 heteroatoms. The van der Waals surface area contributed by atoms with Gasteiger partial charge in [-0.1, -0.05) is 5.16 Å². The smallest absolute Gasteiger partial charge is 0.330 e. The Hall–Kier alpha value is -1.65. The lowest BCUT2D eigenvalue weighted by Gasteiger charge is -1.92. The third-order valence-corrected chi connectivity index (χ3v) is 2.05. The van der Waals surface area contributed by atoms with Crippen LogP contribution in [0, 0.1) is 0 Å². The van der Waals surface area contributed by atoms with Crippen molar-refractivity contribution < 1.29 is 14.1 Å². The van der Waals surface area contributed by atoms with Crippen LogP contribution in [0.5, 0.6) is 0 Å². The number of aromatic nitrogens is 2. The van der Waals surface area contributed by atoms with Crippen LogP contribution in [0.2, 0.25) is 0 Å². The van der Waals surface area contributed by atoms with Gasteiger partial charge in [0, 0.05) is 18.1 Å². The molecule has 0 unspecified atom stereocenters. The van der Waals surface area contributed by atoms with E-state index < -0.39 is 5.97 Å². The number of rotatable bonds is 4. The molecule has 1 aliphatic rings. The molecule has 0 amide bonds. The summed E-state index contributed by atoms with van der Waals surface area (Å²) in [6.45, 7) is 2.12. The summed E-state index contributed by atoms with van der Waals surface area (Å²) in [5.41, 5.74) is 0. The Kier molecular flexibility index (Phi) is 2.80. The maximum absolute atomic E-state index is 11.0. The van der Waals surface area contributed by atoms with Crippen molar-refractivity contribution in [2.24, 2.45) is 0 Å². The molecule has 5 nitrogen and oxygen atoms in total. The van der Waals surface area contributed by atoms with E-state index in [4.69, 9.17) is 9.26 Å². The highest BCUT2D eigenvalue weighted by molar-refractivity contribution is 5.86. The lowest BCUT2D eigenvalue weighted by molar-refractivity contribution is -0.137. The largest absolute Gasteiger partial charge is 0.463 e. The number of esters is 1. The molecule has 1 saturated carbocycles. The molecule has 1 fully saturated rings. The highest BCUT2D eigenvalue weighted by atomic mass is 16.5. The number of ether oxygens (including phenoxy) is 1. The molecule has 0 saturated heterocycles. The van der Waals surface area contributed by atoms with Crippen LogP contribution in [0.15, 0.2) is 10.6 Å². The molecule has 15 heavy (non-hydrogen) atoms. The van der Waals surface area contributed by atoms with Gasteiger partial charge in [0.15, 0.2) is 5.82 Å². The van der Waals surface area contributed by atoms with Gasteiger partial charge in [0.05, 0.1) is 6.61 Å². The summed E-state index contributed by atoms with van der Waals surface area (Å²) < 4.78 is 9.65. The van der Waals surface area contributed by atoms with Crippen LogP contribution in [0.25, 0.3) is 6.08 Å². The van der Waals surface area contributed by atoms with E-state index in [1.54, 1.807) is 6.92 Å². The third kappa shape index (κ3) is 2.65. The van der Waals surface area contributed by atoms with Crippen molar-refractivity contribution in [1.29, 1.82) is 0 Å². The average Bonchev–Trinajstić information content (AvgIpc) is 2.96. The number of hydrogen-bond acceptors (Lipinski definition) is 5. The molecule has 1 aliphatic carbocycles. The SMILES string of the molecule is CCOC(=O)/C=C/c1nc(C2CC2)no1. The van der Waals surface area contributed by atoms with Crippen molar-refractivity contribution in [3.63, 3.8) is 0 Å². The number of carbonyl (C=O) groups excluding carboxylic acids is 1. The molecular weight excluding hydrogens is 196 g/mol. The summed E-state index contributed by atoms with van der Waals surface area (Å²) in [6.07, 6.45) is 5.01. The molecule has 0 radical (unpaired) electrons. The third-order valence-electron chi connectivity index (χ3n) is 2.05. The lowest BCUT2D eigenvalue weighted by Crippen LogP contribution is -1.98. The Bertz CT molecular complexity index is 380. The maximum atomic E-state index is 11.0. The number of hydrogen-bond donors (Lipinski definition) is 0. The molecule has 2 rings (SSSR count). The maximum Gasteiger partial charge on any atom is 0.330 e. The Labute approximate surface area is 87.1 Å². The molecule has 0 aromatic carbocycles. The fraction of sp³-hybridized carbons (Fsp3) is 0.500. The highest BCUT2D eigenvalue weighted by Gasteiger charge is 2.28. The summed E-state index contributed by atoms with van der Waals surface area (Å²) in [7, 11) is 0. The van der Waals surface area contributed by atoms with Crippen LogP contribution in [-0.4, -0.2) is 22.7 Å². The molecule has 0 atom stereocenters. The quantitative estimate of drug-likeness (QED) is 0.554. The van der Waals surface area contributed by atoms with Gasteiger partial charge >= 0.3 is 5.97 Å². The number of nitrogens with zero attached hydrogens (tertiary/aromatic N) is 2. The van der Waals surface area contributed by atoms with Gasteiger partial charge in [-0.15, -0.1) is 0 Å². The summed E-state index contributed by atoms with van der Waals surface area (Å²) in [5, 5.41) is 3.81. The van der Waals surface area contributed by atoms with Gasteiger partial charge in [0.2, 0.25) is 0 Å². The lowest BCUT2D eigenvalue weighted by atomic mass is 10.4. The fourth-order valence-corrected chi connectivity index (χ4v) is 1.15. The van der Waals surface area contributed by atoms with Crippen molar-refractivity contribution in [1.82, 2.24) is 10.1 Å². The minimum atomic E-state index is -0.399. The molecular formula is C10H12N2O3. The van der Waals surface area contributed by atoms with Gasteiger partial charge in [0.1, 0.15) is 0 Å². The Morgan fingerprint density at radius 2 is 2.47 bits per heavy atom. The Balaban J connectivity index is 1.94. The van der Waals surface area contributed by atoms with E-state index in [0.29, 0.717) is 18.4 Å². The average molecular weight is 208 g/mol. The Morgan fingerprint density at radius 1 is 1.67 bits per heavy atom.